The Morgan fingerprint density at radius 1 is 1.06 bits per heavy atom. The van der Waals surface area contributed by atoms with Gasteiger partial charge in [0.2, 0.25) is 0 Å². The van der Waals surface area contributed by atoms with Crippen LogP contribution in [0.25, 0.3) is 0 Å². The zero-order valence-electron chi connectivity index (χ0n) is 11.5. The fourth-order valence-corrected chi connectivity index (χ4v) is 2.96. The van der Waals surface area contributed by atoms with Crippen molar-refractivity contribution in [2.75, 3.05) is 23.7 Å². The van der Waals surface area contributed by atoms with Gasteiger partial charge in [-0.1, -0.05) is 13.8 Å². The molecule has 2 N–H and O–H groups in total. The smallest absolute Gasteiger partial charge is 0.0602 e. The van der Waals surface area contributed by atoms with Crippen molar-refractivity contribution in [1.82, 2.24) is 0 Å². The predicted molar refractivity (Wildman–Crippen MR) is 75.5 cm³/mol. The average molecular weight is 232 g/mol. The SMILES string of the molecule is Cc1cc(N)c(N2C[C@@H](C)C[C@H](C)C2)cc1C. The first-order valence-electron chi connectivity index (χ1n) is 6.59. The van der Waals surface area contributed by atoms with Crippen LogP contribution in [0.4, 0.5) is 11.4 Å². The molecule has 0 bridgehead atoms. The number of anilines is 2. The van der Waals surface area contributed by atoms with Crippen LogP contribution in [-0.4, -0.2) is 13.1 Å². The Labute approximate surface area is 105 Å². The molecule has 0 saturated carbocycles. The highest BCUT2D eigenvalue weighted by Crippen LogP contribution is 2.32. The summed E-state index contributed by atoms with van der Waals surface area (Å²) in [6.07, 6.45) is 1.33. The molecule has 0 unspecified atom stereocenters. The first kappa shape index (κ1) is 12.3. The van der Waals surface area contributed by atoms with Crippen molar-refractivity contribution < 1.29 is 0 Å². The number of nitrogen functional groups attached to an aromatic ring is 1. The van der Waals surface area contributed by atoms with Crippen LogP contribution in [-0.2, 0) is 0 Å². The van der Waals surface area contributed by atoms with Crippen molar-refractivity contribution >= 4 is 11.4 Å². The molecule has 1 aliphatic heterocycles. The molecule has 0 aromatic heterocycles. The molecule has 0 radical (unpaired) electrons. The molecule has 2 heteroatoms. The third-order valence-corrected chi connectivity index (χ3v) is 3.85. The Balaban J connectivity index is 2.30. The third-order valence-electron chi connectivity index (χ3n) is 3.85. The predicted octanol–water partition coefficient (Wildman–Crippen LogP) is 3.37. The monoisotopic (exact) mass is 232 g/mol. The molecular weight excluding hydrogens is 208 g/mol. The summed E-state index contributed by atoms with van der Waals surface area (Å²) in [4.78, 5) is 2.46. The van der Waals surface area contributed by atoms with E-state index in [9.17, 15) is 0 Å². The zero-order valence-corrected chi connectivity index (χ0v) is 11.5. The Hall–Kier alpha value is -1.18. The van der Waals surface area contributed by atoms with Crippen molar-refractivity contribution in [3.05, 3.63) is 23.3 Å². The topological polar surface area (TPSA) is 29.3 Å². The van der Waals surface area contributed by atoms with Crippen LogP contribution < -0.4 is 10.6 Å². The number of benzene rings is 1. The molecule has 0 aliphatic carbocycles. The highest BCUT2D eigenvalue weighted by Gasteiger charge is 2.23. The van der Waals surface area contributed by atoms with E-state index in [2.05, 4.69) is 44.7 Å². The van der Waals surface area contributed by atoms with E-state index in [4.69, 9.17) is 5.73 Å². The molecule has 94 valence electrons. The number of nitrogens with zero attached hydrogens (tertiary/aromatic N) is 1. The molecule has 1 heterocycles. The van der Waals surface area contributed by atoms with Gasteiger partial charge < -0.3 is 10.6 Å². The van der Waals surface area contributed by atoms with E-state index in [1.54, 1.807) is 0 Å². The second kappa shape index (κ2) is 4.59. The van der Waals surface area contributed by atoms with Crippen LogP contribution in [0, 0.1) is 25.7 Å². The van der Waals surface area contributed by atoms with E-state index in [0.717, 1.165) is 30.6 Å². The molecule has 1 aliphatic rings. The average Bonchev–Trinajstić information content (AvgIpc) is 2.22. The molecule has 0 spiro atoms. The molecule has 2 rings (SSSR count). The number of rotatable bonds is 1. The minimum Gasteiger partial charge on any atom is -0.397 e. The summed E-state index contributed by atoms with van der Waals surface area (Å²) < 4.78 is 0. The van der Waals surface area contributed by atoms with Gasteiger partial charge in [0.25, 0.3) is 0 Å². The van der Waals surface area contributed by atoms with Gasteiger partial charge in [0, 0.05) is 13.1 Å². The summed E-state index contributed by atoms with van der Waals surface area (Å²) in [5.41, 5.74) is 10.9. The normalized spacial score (nSPS) is 25.1. The number of piperidine rings is 1. The van der Waals surface area contributed by atoms with Gasteiger partial charge in [-0.25, -0.2) is 0 Å². The van der Waals surface area contributed by atoms with Crippen LogP contribution in [0.5, 0.6) is 0 Å². The highest BCUT2D eigenvalue weighted by molar-refractivity contribution is 5.70. The van der Waals surface area contributed by atoms with Crippen LogP contribution in [0.3, 0.4) is 0 Å². The summed E-state index contributed by atoms with van der Waals surface area (Å²) in [5.74, 6) is 1.53. The lowest BCUT2D eigenvalue weighted by Crippen LogP contribution is -2.39. The van der Waals surface area contributed by atoms with Gasteiger partial charge >= 0.3 is 0 Å². The number of hydrogen-bond donors (Lipinski definition) is 1. The summed E-state index contributed by atoms with van der Waals surface area (Å²) >= 11 is 0. The quantitative estimate of drug-likeness (QED) is 0.752. The lowest BCUT2D eigenvalue weighted by Gasteiger charge is -2.37. The highest BCUT2D eigenvalue weighted by atomic mass is 15.1. The van der Waals surface area contributed by atoms with Crippen molar-refractivity contribution in [3.8, 4) is 0 Å². The van der Waals surface area contributed by atoms with Crippen LogP contribution in [0.1, 0.15) is 31.4 Å². The van der Waals surface area contributed by atoms with Crippen molar-refractivity contribution in [1.29, 1.82) is 0 Å². The Morgan fingerprint density at radius 3 is 2.18 bits per heavy atom. The minimum atomic E-state index is 0.764. The van der Waals surface area contributed by atoms with E-state index in [0.29, 0.717) is 0 Å². The van der Waals surface area contributed by atoms with Crippen molar-refractivity contribution in [2.24, 2.45) is 11.8 Å². The molecular formula is C15H24N2. The zero-order chi connectivity index (χ0) is 12.6. The molecule has 2 atom stereocenters. The van der Waals surface area contributed by atoms with Gasteiger partial charge in [-0.2, -0.15) is 0 Å². The van der Waals surface area contributed by atoms with Crippen molar-refractivity contribution in [3.63, 3.8) is 0 Å². The fourth-order valence-electron chi connectivity index (χ4n) is 2.96. The summed E-state index contributed by atoms with van der Waals surface area (Å²) in [6, 6.07) is 4.35. The molecule has 1 aromatic carbocycles. The number of aryl methyl sites for hydroxylation is 2. The Bertz CT molecular complexity index is 402. The van der Waals surface area contributed by atoms with Gasteiger partial charge in [0.15, 0.2) is 0 Å². The third kappa shape index (κ3) is 2.56. The van der Waals surface area contributed by atoms with Crippen LogP contribution in [0.15, 0.2) is 12.1 Å². The molecule has 0 amide bonds. The minimum absolute atomic E-state index is 0.764. The van der Waals surface area contributed by atoms with E-state index in [-0.39, 0.29) is 0 Å². The van der Waals surface area contributed by atoms with E-state index in [1.165, 1.54) is 23.2 Å². The molecule has 1 fully saturated rings. The maximum Gasteiger partial charge on any atom is 0.0602 e. The van der Waals surface area contributed by atoms with Gasteiger partial charge in [-0.15, -0.1) is 0 Å². The van der Waals surface area contributed by atoms with Gasteiger partial charge in [-0.3, -0.25) is 0 Å². The molecule has 1 saturated heterocycles. The van der Waals surface area contributed by atoms with Gasteiger partial charge in [-0.05, 0) is 55.4 Å². The van der Waals surface area contributed by atoms with Crippen molar-refractivity contribution in [2.45, 2.75) is 34.1 Å². The first-order valence-corrected chi connectivity index (χ1v) is 6.59. The first-order chi connectivity index (χ1) is 7.97. The van der Waals surface area contributed by atoms with Crippen LogP contribution in [0.2, 0.25) is 0 Å². The van der Waals surface area contributed by atoms with E-state index in [1.807, 2.05) is 0 Å². The summed E-state index contributed by atoms with van der Waals surface area (Å²) in [7, 11) is 0. The number of hydrogen-bond acceptors (Lipinski definition) is 2. The largest absolute Gasteiger partial charge is 0.397 e. The van der Waals surface area contributed by atoms with Gasteiger partial charge in [0.1, 0.15) is 0 Å². The summed E-state index contributed by atoms with van der Waals surface area (Å²) in [6.45, 7) is 11.2. The maximum atomic E-state index is 6.17. The lowest BCUT2D eigenvalue weighted by molar-refractivity contribution is 0.357. The lowest BCUT2D eigenvalue weighted by atomic mass is 9.91. The second-order valence-electron chi connectivity index (χ2n) is 5.85. The number of nitrogens with two attached hydrogens (primary N) is 1. The van der Waals surface area contributed by atoms with Crippen LogP contribution >= 0.6 is 0 Å². The fraction of sp³-hybridized carbons (Fsp3) is 0.600. The standard InChI is InChI=1S/C15H24N2/c1-10-5-11(2)9-17(8-10)15-7-13(4)12(3)6-14(15)16/h6-7,10-11H,5,8-9,16H2,1-4H3/t10-,11-/m0/s1. The Kier molecular flexibility index (Phi) is 3.32. The summed E-state index contributed by atoms with van der Waals surface area (Å²) in [5, 5.41) is 0. The van der Waals surface area contributed by atoms with E-state index < -0.39 is 0 Å². The molecule has 2 nitrogen and oxygen atoms in total. The molecule has 1 aromatic rings. The van der Waals surface area contributed by atoms with E-state index >= 15 is 0 Å². The maximum absolute atomic E-state index is 6.17. The van der Waals surface area contributed by atoms with Gasteiger partial charge in [0.05, 0.1) is 11.4 Å². The second-order valence-corrected chi connectivity index (χ2v) is 5.85. The Morgan fingerprint density at radius 2 is 1.59 bits per heavy atom. The molecule has 17 heavy (non-hydrogen) atoms.